The number of benzene rings is 7. The lowest BCUT2D eigenvalue weighted by atomic mass is 9.85. The van der Waals surface area contributed by atoms with Crippen molar-refractivity contribution in [3.05, 3.63) is 196 Å². The lowest BCUT2D eigenvalue weighted by Gasteiger charge is -2.20. The SMILES string of the molecule is C.C.C.C.C.C.C.C.C.C.CC.CC.CC.CC.CC.CC.CC.CC.CC.CC.CC.CC.CC.CC.CC.C[C@@H]1Cc2c(c3c(c4ccccc24)C[C@H](C)[C@@H]3C)[C@@H]1C.C[C@@H]1Cc2c(ccc3c2C[C@H](C)[C@@H]3C)[C@@H]1C.C[C@@H]1Cc2c3c(c4ccccc4c2[C@@H]1C)[C@@H](C)[C@@H](C)C3.C[C@@H]1Cc2cc3c(cc2[C@@H]1C)[C@@H](C)[C@@H](C)C3.C[C@@H]1Cc2ccc3c(c2[C@@H]1C)[C@@H](C)[C@@H](C)C3. The van der Waals surface area contributed by atoms with Crippen LogP contribution in [0.25, 0.3) is 21.5 Å². The smallest absolute Gasteiger partial charge is 0.0143 e. The van der Waals surface area contributed by atoms with Crippen molar-refractivity contribution in [2.45, 2.75) is 544 Å². The van der Waals surface area contributed by atoms with E-state index in [9.17, 15) is 0 Å². The summed E-state index contributed by atoms with van der Waals surface area (Å²) in [7, 11) is 0. The molecule has 0 N–H and O–H groups in total. The maximum atomic E-state index is 2.53. The van der Waals surface area contributed by atoms with E-state index in [0.717, 1.165) is 107 Å². The average Bonchev–Trinajstić information content (AvgIpc) is 1.57. The average molecular weight is 1780 g/mol. The third-order valence-corrected chi connectivity index (χ3v) is 28.0. The van der Waals surface area contributed by atoms with Crippen LogP contribution >= 0.6 is 0 Å². The Hall–Kier alpha value is -4.94. The Morgan fingerprint density at radius 2 is 0.328 bits per heavy atom. The molecule has 10 aliphatic carbocycles. The van der Waals surface area contributed by atoms with Crippen LogP contribution in [0.5, 0.6) is 0 Å². The fourth-order valence-electron chi connectivity index (χ4n) is 20.4. The Kier molecular flexibility index (Phi) is 92.7. The molecular formula is C128H244. The van der Waals surface area contributed by atoms with Gasteiger partial charge in [-0.25, -0.2) is 0 Å². The van der Waals surface area contributed by atoms with E-state index in [-0.39, 0.29) is 74.3 Å². The van der Waals surface area contributed by atoms with Gasteiger partial charge in [0.1, 0.15) is 0 Å². The first kappa shape index (κ1) is 151. The number of hydrogen-bond donors (Lipinski definition) is 0. The maximum Gasteiger partial charge on any atom is -0.0143 e. The van der Waals surface area contributed by atoms with Crippen LogP contribution in [0, 0.1) is 59.2 Å². The Labute approximate surface area is 815 Å². The molecule has 0 bridgehead atoms. The molecule has 7 aromatic rings. The van der Waals surface area contributed by atoms with Crippen LogP contribution in [0.4, 0.5) is 0 Å². The van der Waals surface area contributed by atoms with Crippen LogP contribution in [-0.2, 0) is 64.2 Å². The van der Waals surface area contributed by atoms with Crippen LogP contribution < -0.4 is 0 Å². The summed E-state index contributed by atoms with van der Waals surface area (Å²) in [4.78, 5) is 0. The first-order valence-electron chi connectivity index (χ1n) is 51.5. The van der Waals surface area contributed by atoms with E-state index in [1.165, 1.54) is 64.2 Å². The summed E-state index contributed by atoms with van der Waals surface area (Å²) >= 11 is 0. The summed E-state index contributed by atoms with van der Waals surface area (Å²) in [5, 5.41) is 6.16. The molecule has 0 aromatic heterocycles. The molecule has 0 heteroatoms. The number of hydrogen-bond acceptors (Lipinski definition) is 0. The molecule has 756 valence electrons. The van der Waals surface area contributed by atoms with Gasteiger partial charge >= 0.3 is 0 Å². The number of fused-ring (bicyclic) bond motifs is 20. The molecule has 7 aromatic carbocycles. The van der Waals surface area contributed by atoms with E-state index in [0.29, 0.717) is 11.8 Å². The van der Waals surface area contributed by atoms with Crippen molar-refractivity contribution < 1.29 is 0 Å². The second kappa shape index (κ2) is 78.4. The zero-order chi connectivity index (χ0) is 92.4. The molecule has 20 atom stereocenters. The Morgan fingerprint density at radius 1 is 0.148 bits per heavy atom. The Balaban J connectivity index is -0.000000107. The minimum Gasteiger partial charge on any atom is -0.0776 e. The van der Waals surface area contributed by atoms with Gasteiger partial charge in [-0.1, -0.05) is 505 Å². The highest BCUT2D eigenvalue weighted by atomic mass is 14.5. The van der Waals surface area contributed by atoms with Crippen molar-refractivity contribution in [3.63, 3.8) is 0 Å². The normalized spacial score (nSPS) is 24.2. The van der Waals surface area contributed by atoms with E-state index in [1.54, 1.807) is 133 Å². The minimum absolute atomic E-state index is 0. The second-order valence-corrected chi connectivity index (χ2v) is 33.0. The first-order chi connectivity index (χ1) is 56.9. The van der Waals surface area contributed by atoms with Gasteiger partial charge in [0.15, 0.2) is 0 Å². The highest BCUT2D eigenvalue weighted by Crippen LogP contribution is 2.55. The van der Waals surface area contributed by atoms with E-state index in [2.05, 4.69) is 223 Å². The van der Waals surface area contributed by atoms with Crippen molar-refractivity contribution in [1.29, 1.82) is 0 Å². The molecule has 0 fully saturated rings. The highest BCUT2D eigenvalue weighted by molar-refractivity contribution is 5.94. The van der Waals surface area contributed by atoms with Crippen LogP contribution in [0.3, 0.4) is 0 Å². The molecule has 0 unspecified atom stereocenters. The van der Waals surface area contributed by atoms with E-state index >= 15 is 0 Å². The predicted molar refractivity (Wildman–Crippen MR) is 618 cm³/mol. The van der Waals surface area contributed by atoms with E-state index < -0.39 is 0 Å². The van der Waals surface area contributed by atoms with Crippen LogP contribution in [0.2, 0.25) is 0 Å². The van der Waals surface area contributed by atoms with Crippen molar-refractivity contribution in [2.24, 2.45) is 59.2 Å². The topological polar surface area (TPSA) is 0 Å². The van der Waals surface area contributed by atoms with Gasteiger partial charge < -0.3 is 0 Å². The molecule has 0 saturated heterocycles. The van der Waals surface area contributed by atoms with Gasteiger partial charge in [-0.2, -0.15) is 0 Å². The van der Waals surface area contributed by atoms with Gasteiger partial charge in [0.05, 0.1) is 0 Å². The van der Waals surface area contributed by atoms with Crippen LogP contribution in [0.1, 0.15) is 591 Å². The summed E-state index contributed by atoms with van der Waals surface area (Å²) in [5.74, 6) is 15.7. The third kappa shape index (κ3) is 33.8. The van der Waals surface area contributed by atoms with Crippen molar-refractivity contribution >= 4 is 21.5 Å². The molecular weight excluding hydrogens is 1540 g/mol. The summed E-state index contributed by atoms with van der Waals surface area (Å²) in [5.41, 5.74) is 33.6. The van der Waals surface area contributed by atoms with E-state index in [1.807, 2.05) is 208 Å². The van der Waals surface area contributed by atoms with Gasteiger partial charge in [0, 0.05) is 0 Å². The lowest BCUT2D eigenvalue weighted by molar-refractivity contribution is 0.511. The zero-order valence-corrected chi connectivity index (χ0v) is 88.7. The summed E-state index contributed by atoms with van der Waals surface area (Å²) in [6, 6.07) is 33.0. The van der Waals surface area contributed by atoms with Crippen molar-refractivity contribution in [2.75, 3.05) is 0 Å². The van der Waals surface area contributed by atoms with Gasteiger partial charge in [-0.15, -0.1) is 0 Å². The number of rotatable bonds is 0. The summed E-state index contributed by atoms with van der Waals surface area (Å²) < 4.78 is 0. The molecule has 17 rings (SSSR count). The maximum absolute atomic E-state index is 2.53. The van der Waals surface area contributed by atoms with Crippen molar-refractivity contribution in [1.82, 2.24) is 0 Å². The molecule has 0 radical (unpaired) electrons. The quantitative estimate of drug-likeness (QED) is 0.142. The fourth-order valence-corrected chi connectivity index (χ4v) is 20.4. The van der Waals surface area contributed by atoms with E-state index in [4.69, 9.17) is 0 Å². The fraction of sp³-hybridized carbons (Fsp3) is 0.703. The monoisotopic (exact) mass is 1780 g/mol. The van der Waals surface area contributed by atoms with Crippen molar-refractivity contribution in [3.8, 4) is 0 Å². The largest absolute Gasteiger partial charge is 0.0776 e. The van der Waals surface area contributed by atoms with Crippen LogP contribution in [0.15, 0.2) is 84.9 Å². The molecule has 0 nitrogen and oxygen atoms in total. The first-order valence-corrected chi connectivity index (χ1v) is 51.5. The summed E-state index contributed by atoms with van der Waals surface area (Å²) in [6.07, 6.45) is 13.0. The Bertz CT molecular complexity index is 3580. The molecule has 128 heavy (non-hydrogen) atoms. The molecule has 10 aliphatic rings. The summed E-state index contributed by atoms with van der Waals surface area (Å²) in [6.45, 7) is 108. The molecule has 0 spiro atoms. The molecule has 0 saturated carbocycles. The van der Waals surface area contributed by atoms with Gasteiger partial charge in [0.25, 0.3) is 0 Å². The van der Waals surface area contributed by atoms with Crippen LogP contribution in [-0.4, -0.2) is 0 Å². The van der Waals surface area contributed by atoms with Gasteiger partial charge in [-0.05, 0) is 315 Å². The zero-order valence-electron chi connectivity index (χ0n) is 88.7. The highest BCUT2D eigenvalue weighted by Gasteiger charge is 2.42. The molecule has 0 aliphatic heterocycles. The lowest BCUT2D eigenvalue weighted by Crippen LogP contribution is -2.04. The molecule has 0 heterocycles. The predicted octanol–water partition coefficient (Wildman–Crippen LogP) is 45.5. The second-order valence-electron chi connectivity index (χ2n) is 33.0. The van der Waals surface area contributed by atoms with Gasteiger partial charge in [-0.3, -0.25) is 0 Å². The minimum atomic E-state index is 0. The van der Waals surface area contributed by atoms with Gasteiger partial charge in [0.2, 0.25) is 0 Å². The standard InChI is InChI=1S/2C20H24.3C16H22.15C2H6.10CH4/c1-11-9-17-18-10-12(2)14(4)20(18)16-8-6-5-7-15(16)19(17)13(11)3;1-11-9-17-15-7-5-6-8-16(15)18-10-12(2)14(4)20(18)19(17)13(11)3;1-9-5-13-7-14-6-10(2)12(4)16(14)8-15(13)11(9)3;1-9-7-15-13(11(9)3)5-6-14-12(4)10(2)8-16(14)15;1-9-7-13-5-6-14-8-10(2)12(4)16(14)15(13)11(9)3;15*1-2;;;;;;;;;;/h2*5-8,11-14H,9-10H2,1-4H3;7-12H,5-6H2,1-4H3;2*5-6,9-12H,7-8H2,1-4H3;15*1-2H3;10*1H4/t2*11-,12+,13-,14+;3*9-,10+,11-,12+;;;;;;;;;;;;;;;;;;;;;;;;;. The Morgan fingerprint density at radius 3 is 0.586 bits per heavy atom. The third-order valence-electron chi connectivity index (χ3n) is 28.0. The molecule has 0 amide bonds.